The summed E-state index contributed by atoms with van der Waals surface area (Å²) < 4.78 is 38.6. The summed E-state index contributed by atoms with van der Waals surface area (Å²) in [7, 11) is -2.41. The molecule has 1 unspecified atom stereocenters. The van der Waals surface area contributed by atoms with Crippen LogP contribution in [0.3, 0.4) is 0 Å². The molecule has 3 rings (SSSR count). The standard InChI is InChI=1S/C17H22N4O6S/c1-4-26-17(23)14-9-12(10-20(14)3)28(24,25)21-7-5-6-13(21)16(22)18-15-8-11(2)27-19-15/h8-10,13H,4-7H2,1-3H3,(H,18,19,22). The number of rotatable bonds is 6. The Morgan fingerprint density at radius 2 is 2.14 bits per heavy atom. The summed E-state index contributed by atoms with van der Waals surface area (Å²) in [6.07, 6.45) is 2.28. The highest BCUT2D eigenvalue weighted by atomic mass is 32.2. The van der Waals surface area contributed by atoms with E-state index in [2.05, 4.69) is 10.5 Å². The molecule has 1 atom stereocenters. The smallest absolute Gasteiger partial charge is 0.354 e. The zero-order valence-electron chi connectivity index (χ0n) is 15.8. The number of nitrogens with zero attached hydrogens (tertiary/aromatic N) is 3. The van der Waals surface area contributed by atoms with Gasteiger partial charge >= 0.3 is 5.97 Å². The Balaban J connectivity index is 1.83. The van der Waals surface area contributed by atoms with Crippen molar-refractivity contribution in [3.8, 4) is 0 Å². The second-order valence-electron chi connectivity index (χ2n) is 6.48. The average molecular weight is 410 g/mol. The second kappa shape index (κ2) is 7.76. The summed E-state index contributed by atoms with van der Waals surface area (Å²) in [6.45, 7) is 3.75. The van der Waals surface area contributed by atoms with Gasteiger partial charge in [0.1, 0.15) is 22.4 Å². The number of anilines is 1. The molecule has 0 radical (unpaired) electrons. The minimum atomic E-state index is -3.97. The number of sulfonamides is 1. The average Bonchev–Trinajstić information content (AvgIpc) is 3.35. The number of aromatic nitrogens is 2. The summed E-state index contributed by atoms with van der Waals surface area (Å²) >= 11 is 0. The highest BCUT2D eigenvalue weighted by molar-refractivity contribution is 7.89. The first-order valence-corrected chi connectivity index (χ1v) is 10.3. The lowest BCUT2D eigenvalue weighted by molar-refractivity contribution is -0.119. The molecule has 2 aromatic rings. The lowest BCUT2D eigenvalue weighted by atomic mass is 10.2. The Hall–Kier alpha value is -2.66. The van der Waals surface area contributed by atoms with E-state index in [0.717, 1.165) is 4.31 Å². The zero-order chi connectivity index (χ0) is 20.5. The van der Waals surface area contributed by atoms with E-state index >= 15 is 0 Å². The van der Waals surface area contributed by atoms with Crippen LogP contribution in [0.25, 0.3) is 0 Å². The molecule has 1 N–H and O–H groups in total. The van der Waals surface area contributed by atoms with E-state index in [-0.39, 0.29) is 29.6 Å². The third kappa shape index (κ3) is 3.80. The van der Waals surface area contributed by atoms with E-state index in [1.165, 1.54) is 16.8 Å². The molecule has 1 aliphatic rings. The summed E-state index contributed by atoms with van der Waals surface area (Å²) in [6, 6.07) is 1.95. The van der Waals surface area contributed by atoms with Crippen molar-refractivity contribution in [2.75, 3.05) is 18.5 Å². The molecule has 0 spiro atoms. The number of hydrogen-bond acceptors (Lipinski definition) is 7. The maximum atomic E-state index is 13.1. The van der Waals surface area contributed by atoms with Gasteiger partial charge < -0.3 is 19.1 Å². The number of ether oxygens (including phenoxy) is 1. The molecule has 0 saturated carbocycles. The van der Waals surface area contributed by atoms with Gasteiger partial charge in [0, 0.05) is 25.9 Å². The lowest BCUT2D eigenvalue weighted by Crippen LogP contribution is -2.43. The molecule has 152 valence electrons. The van der Waals surface area contributed by atoms with Gasteiger partial charge in [0.25, 0.3) is 0 Å². The molecule has 2 aromatic heterocycles. The van der Waals surface area contributed by atoms with Gasteiger partial charge in [-0.05, 0) is 32.8 Å². The first-order valence-electron chi connectivity index (χ1n) is 8.83. The highest BCUT2D eigenvalue weighted by Crippen LogP contribution is 2.28. The SMILES string of the molecule is CCOC(=O)c1cc(S(=O)(=O)N2CCCC2C(=O)Nc2cc(C)on2)cn1C. The van der Waals surface area contributed by atoms with Crippen molar-refractivity contribution in [1.29, 1.82) is 0 Å². The molecule has 1 fully saturated rings. The van der Waals surface area contributed by atoms with E-state index in [9.17, 15) is 18.0 Å². The first-order chi connectivity index (χ1) is 13.2. The van der Waals surface area contributed by atoms with Gasteiger partial charge in [-0.3, -0.25) is 4.79 Å². The quantitative estimate of drug-likeness (QED) is 0.712. The van der Waals surface area contributed by atoms with Crippen molar-refractivity contribution in [3.63, 3.8) is 0 Å². The summed E-state index contributed by atoms with van der Waals surface area (Å²) in [5, 5.41) is 6.28. The van der Waals surface area contributed by atoms with Crippen molar-refractivity contribution < 1.29 is 27.3 Å². The van der Waals surface area contributed by atoms with Gasteiger partial charge in [0.15, 0.2) is 5.82 Å². The molecule has 11 heteroatoms. The van der Waals surface area contributed by atoms with Crippen molar-refractivity contribution in [1.82, 2.24) is 14.0 Å². The fraction of sp³-hybridized carbons (Fsp3) is 0.471. The number of hydrogen-bond donors (Lipinski definition) is 1. The van der Waals surface area contributed by atoms with Crippen molar-refractivity contribution >= 4 is 27.7 Å². The minimum absolute atomic E-state index is 0.0602. The van der Waals surface area contributed by atoms with Gasteiger partial charge in [0.05, 0.1) is 6.61 Å². The lowest BCUT2D eigenvalue weighted by Gasteiger charge is -2.22. The molecular weight excluding hydrogens is 388 g/mol. The summed E-state index contributed by atoms with van der Waals surface area (Å²) in [4.78, 5) is 24.5. The van der Waals surface area contributed by atoms with Crippen LogP contribution in [0.1, 0.15) is 36.0 Å². The van der Waals surface area contributed by atoms with Crippen molar-refractivity contribution in [3.05, 3.63) is 29.8 Å². The Labute approximate surface area is 162 Å². The minimum Gasteiger partial charge on any atom is -0.461 e. The van der Waals surface area contributed by atoms with Crippen LogP contribution < -0.4 is 5.32 Å². The number of carbonyl (C=O) groups excluding carboxylic acids is 2. The molecule has 0 aliphatic carbocycles. The molecular formula is C17H22N4O6S. The van der Waals surface area contributed by atoms with Gasteiger partial charge in [0.2, 0.25) is 15.9 Å². The van der Waals surface area contributed by atoms with Gasteiger partial charge in [-0.15, -0.1) is 0 Å². The van der Waals surface area contributed by atoms with Crippen LogP contribution in [0.15, 0.2) is 27.7 Å². The Kier molecular flexibility index (Phi) is 5.57. The third-order valence-electron chi connectivity index (χ3n) is 4.46. The Bertz CT molecular complexity index is 993. The second-order valence-corrected chi connectivity index (χ2v) is 8.37. The molecule has 0 bridgehead atoms. The summed E-state index contributed by atoms with van der Waals surface area (Å²) in [5.41, 5.74) is 0.124. The molecule has 1 aliphatic heterocycles. The number of aryl methyl sites for hydroxylation is 2. The number of nitrogens with one attached hydrogen (secondary N) is 1. The van der Waals surface area contributed by atoms with Crippen LogP contribution in [-0.2, 0) is 26.6 Å². The number of amides is 1. The Morgan fingerprint density at radius 3 is 2.79 bits per heavy atom. The van der Waals surface area contributed by atoms with Crippen LogP contribution in [0.2, 0.25) is 0 Å². The van der Waals surface area contributed by atoms with Crippen molar-refractivity contribution in [2.24, 2.45) is 7.05 Å². The summed E-state index contributed by atoms with van der Waals surface area (Å²) in [5.74, 6) is -0.322. The van der Waals surface area contributed by atoms with E-state index in [1.54, 1.807) is 27.0 Å². The van der Waals surface area contributed by atoms with Crippen LogP contribution in [0.5, 0.6) is 0 Å². The van der Waals surface area contributed by atoms with Gasteiger partial charge in [-0.1, -0.05) is 5.16 Å². The monoisotopic (exact) mass is 410 g/mol. The topological polar surface area (TPSA) is 124 Å². The largest absolute Gasteiger partial charge is 0.461 e. The zero-order valence-corrected chi connectivity index (χ0v) is 16.7. The molecule has 0 aromatic carbocycles. The highest BCUT2D eigenvalue weighted by Gasteiger charge is 2.40. The molecule has 28 heavy (non-hydrogen) atoms. The predicted octanol–water partition coefficient (Wildman–Crippen LogP) is 1.29. The third-order valence-corrected chi connectivity index (χ3v) is 6.33. The fourth-order valence-electron chi connectivity index (χ4n) is 3.14. The van der Waals surface area contributed by atoms with E-state index < -0.39 is 27.9 Å². The van der Waals surface area contributed by atoms with E-state index in [4.69, 9.17) is 9.26 Å². The van der Waals surface area contributed by atoms with Gasteiger partial charge in [-0.2, -0.15) is 4.31 Å². The molecule has 3 heterocycles. The normalized spacial score (nSPS) is 17.6. The fourth-order valence-corrected chi connectivity index (χ4v) is 4.87. The molecule has 1 saturated heterocycles. The van der Waals surface area contributed by atoms with Crippen LogP contribution in [0, 0.1) is 6.92 Å². The van der Waals surface area contributed by atoms with Crippen molar-refractivity contribution in [2.45, 2.75) is 37.6 Å². The van der Waals surface area contributed by atoms with Gasteiger partial charge in [-0.25, -0.2) is 13.2 Å². The predicted molar refractivity (Wildman–Crippen MR) is 98.2 cm³/mol. The van der Waals surface area contributed by atoms with E-state index in [1.807, 2.05) is 0 Å². The maximum absolute atomic E-state index is 13.1. The van der Waals surface area contributed by atoms with E-state index in [0.29, 0.717) is 18.6 Å². The Morgan fingerprint density at radius 1 is 1.39 bits per heavy atom. The first kappa shape index (κ1) is 20.1. The number of carbonyl (C=O) groups is 2. The number of esters is 1. The maximum Gasteiger partial charge on any atom is 0.354 e. The molecule has 1 amide bonds. The van der Waals surface area contributed by atoms with Crippen LogP contribution in [0.4, 0.5) is 5.82 Å². The molecule has 10 nitrogen and oxygen atoms in total. The van der Waals surface area contributed by atoms with Crippen LogP contribution >= 0.6 is 0 Å². The van der Waals surface area contributed by atoms with Crippen LogP contribution in [-0.4, -0.2) is 53.5 Å².